The van der Waals surface area contributed by atoms with Crippen LogP contribution in [0.5, 0.6) is 0 Å². The zero-order chi connectivity index (χ0) is 16.5. The van der Waals surface area contributed by atoms with Crippen molar-refractivity contribution < 1.29 is 9.32 Å². The Kier molecular flexibility index (Phi) is 4.08. The van der Waals surface area contributed by atoms with Crippen LogP contribution in [0.25, 0.3) is 0 Å². The normalized spacial score (nSPS) is 20.7. The molecule has 4 rings (SSSR count). The Labute approximate surface area is 142 Å². The standard InChI is InChI=1S/C19H23N3O2/c1-13-20-18(21-24-13)17-7-4-10-22(12-17)19(23)16-9-8-14-5-2-3-6-15(14)11-16/h8-9,11,17H,2-7,10,12H2,1H3/t17-/m0/s1. The molecule has 126 valence electrons. The van der Waals surface area contributed by atoms with E-state index in [-0.39, 0.29) is 11.8 Å². The number of hydrogen-bond acceptors (Lipinski definition) is 4. The molecule has 0 unspecified atom stereocenters. The monoisotopic (exact) mass is 325 g/mol. The van der Waals surface area contributed by atoms with E-state index in [4.69, 9.17) is 4.52 Å². The molecule has 1 atom stereocenters. The van der Waals surface area contributed by atoms with E-state index in [0.717, 1.165) is 43.6 Å². The first-order valence-corrected chi connectivity index (χ1v) is 8.92. The molecule has 2 heterocycles. The van der Waals surface area contributed by atoms with Gasteiger partial charge in [-0.25, -0.2) is 0 Å². The first-order valence-electron chi connectivity index (χ1n) is 8.92. The number of rotatable bonds is 2. The van der Waals surface area contributed by atoms with E-state index >= 15 is 0 Å². The summed E-state index contributed by atoms with van der Waals surface area (Å²) in [6, 6.07) is 6.25. The van der Waals surface area contributed by atoms with E-state index in [0.29, 0.717) is 12.4 Å². The van der Waals surface area contributed by atoms with Crippen LogP contribution < -0.4 is 0 Å². The molecule has 2 aromatic rings. The largest absolute Gasteiger partial charge is 0.340 e. The molecular weight excluding hydrogens is 302 g/mol. The van der Waals surface area contributed by atoms with Gasteiger partial charge in [-0.15, -0.1) is 0 Å². The van der Waals surface area contributed by atoms with Crippen LogP contribution in [0.1, 0.15) is 64.8 Å². The van der Waals surface area contributed by atoms with Crippen molar-refractivity contribution in [3.05, 3.63) is 46.6 Å². The van der Waals surface area contributed by atoms with Crippen LogP contribution in [0.15, 0.2) is 22.7 Å². The second-order valence-electron chi connectivity index (χ2n) is 6.95. The maximum Gasteiger partial charge on any atom is 0.253 e. The Morgan fingerprint density at radius 1 is 1.21 bits per heavy atom. The highest BCUT2D eigenvalue weighted by atomic mass is 16.5. The minimum absolute atomic E-state index is 0.133. The lowest BCUT2D eigenvalue weighted by molar-refractivity contribution is 0.0703. The summed E-state index contributed by atoms with van der Waals surface area (Å²) in [5.74, 6) is 1.63. The summed E-state index contributed by atoms with van der Waals surface area (Å²) < 4.78 is 5.10. The van der Waals surface area contributed by atoms with Crippen molar-refractivity contribution in [2.24, 2.45) is 0 Å². The average Bonchev–Trinajstić information content (AvgIpc) is 3.07. The summed E-state index contributed by atoms with van der Waals surface area (Å²) in [7, 11) is 0. The second kappa shape index (κ2) is 6.38. The molecule has 1 aliphatic heterocycles. The number of carbonyl (C=O) groups excluding carboxylic acids is 1. The van der Waals surface area contributed by atoms with E-state index in [2.05, 4.69) is 22.3 Å². The molecular formula is C19H23N3O2. The van der Waals surface area contributed by atoms with Crippen LogP contribution in [0, 0.1) is 6.92 Å². The van der Waals surface area contributed by atoms with Crippen LogP contribution in [0.3, 0.4) is 0 Å². The summed E-state index contributed by atoms with van der Waals surface area (Å²) in [4.78, 5) is 19.2. The van der Waals surface area contributed by atoms with Gasteiger partial charge in [0.2, 0.25) is 5.89 Å². The summed E-state index contributed by atoms with van der Waals surface area (Å²) in [5.41, 5.74) is 3.59. The predicted molar refractivity (Wildman–Crippen MR) is 90.0 cm³/mol. The first-order chi connectivity index (χ1) is 11.7. The number of aromatic nitrogens is 2. The Balaban J connectivity index is 1.51. The van der Waals surface area contributed by atoms with Gasteiger partial charge in [-0.05, 0) is 61.8 Å². The number of carbonyl (C=O) groups is 1. The van der Waals surface area contributed by atoms with Crippen LogP contribution in [-0.2, 0) is 12.8 Å². The lowest BCUT2D eigenvalue weighted by Crippen LogP contribution is -2.39. The van der Waals surface area contributed by atoms with Crippen molar-refractivity contribution in [2.45, 2.75) is 51.4 Å². The summed E-state index contributed by atoms with van der Waals surface area (Å²) >= 11 is 0. The highest BCUT2D eigenvalue weighted by Gasteiger charge is 2.28. The number of amides is 1. The van der Waals surface area contributed by atoms with Crippen molar-refractivity contribution in [3.8, 4) is 0 Å². The molecule has 1 aromatic carbocycles. The van der Waals surface area contributed by atoms with Crippen LogP contribution in [-0.4, -0.2) is 34.0 Å². The van der Waals surface area contributed by atoms with Crippen LogP contribution in [0.4, 0.5) is 0 Å². The van der Waals surface area contributed by atoms with E-state index in [1.807, 2.05) is 11.0 Å². The molecule has 24 heavy (non-hydrogen) atoms. The first kappa shape index (κ1) is 15.4. The summed E-state index contributed by atoms with van der Waals surface area (Å²) in [6.07, 6.45) is 6.72. The molecule has 5 nitrogen and oxygen atoms in total. The minimum Gasteiger partial charge on any atom is -0.340 e. The topological polar surface area (TPSA) is 59.2 Å². The number of benzene rings is 1. The molecule has 1 aromatic heterocycles. The Bertz CT molecular complexity index is 753. The predicted octanol–water partition coefficient (Wildman–Crippen LogP) is 3.28. The number of nitrogens with zero attached hydrogens (tertiary/aromatic N) is 3. The molecule has 1 saturated heterocycles. The van der Waals surface area contributed by atoms with E-state index in [9.17, 15) is 4.79 Å². The lowest BCUT2D eigenvalue weighted by Gasteiger charge is -2.31. The molecule has 5 heteroatoms. The molecule has 1 aliphatic carbocycles. The third-order valence-corrected chi connectivity index (χ3v) is 5.21. The van der Waals surface area contributed by atoms with Gasteiger partial charge in [-0.2, -0.15) is 4.98 Å². The van der Waals surface area contributed by atoms with Crippen LogP contribution >= 0.6 is 0 Å². The third kappa shape index (κ3) is 2.95. The van der Waals surface area contributed by atoms with Gasteiger partial charge in [0, 0.05) is 31.5 Å². The van der Waals surface area contributed by atoms with Gasteiger partial charge in [-0.3, -0.25) is 4.79 Å². The highest BCUT2D eigenvalue weighted by Crippen LogP contribution is 2.27. The van der Waals surface area contributed by atoms with Gasteiger partial charge in [0.15, 0.2) is 5.82 Å². The molecule has 0 bridgehead atoms. The maximum absolute atomic E-state index is 12.9. The molecule has 0 saturated carbocycles. The minimum atomic E-state index is 0.133. The fourth-order valence-electron chi connectivity index (χ4n) is 3.90. The third-order valence-electron chi connectivity index (χ3n) is 5.21. The van der Waals surface area contributed by atoms with E-state index in [1.54, 1.807) is 6.92 Å². The number of fused-ring (bicyclic) bond motifs is 1. The van der Waals surface area contributed by atoms with E-state index < -0.39 is 0 Å². The smallest absolute Gasteiger partial charge is 0.253 e. The second-order valence-corrected chi connectivity index (χ2v) is 6.95. The fourth-order valence-corrected chi connectivity index (χ4v) is 3.90. The number of aryl methyl sites for hydroxylation is 3. The lowest BCUT2D eigenvalue weighted by atomic mass is 9.90. The molecule has 0 spiro atoms. The zero-order valence-corrected chi connectivity index (χ0v) is 14.1. The Morgan fingerprint density at radius 3 is 2.83 bits per heavy atom. The fraction of sp³-hybridized carbons (Fsp3) is 0.526. The Morgan fingerprint density at radius 2 is 2.04 bits per heavy atom. The van der Waals surface area contributed by atoms with Crippen LogP contribution in [0.2, 0.25) is 0 Å². The summed E-state index contributed by atoms with van der Waals surface area (Å²) in [5, 5.41) is 4.04. The summed E-state index contributed by atoms with van der Waals surface area (Å²) in [6.45, 7) is 3.29. The van der Waals surface area contributed by atoms with E-state index in [1.165, 1.54) is 24.0 Å². The van der Waals surface area contributed by atoms with Crippen molar-refractivity contribution >= 4 is 5.91 Å². The van der Waals surface area contributed by atoms with Gasteiger partial charge in [-0.1, -0.05) is 11.2 Å². The maximum atomic E-state index is 12.9. The molecule has 0 radical (unpaired) electrons. The number of piperidine rings is 1. The van der Waals surface area contributed by atoms with Gasteiger partial charge >= 0.3 is 0 Å². The van der Waals surface area contributed by atoms with Gasteiger partial charge in [0.1, 0.15) is 0 Å². The molecule has 2 aliphatic rings. The SMILES string of the molecule is Cc1nc([C@H]2CCCN(C(=O)c3ccc4c(c3)CCCC4)C2)no1. The molecule has 1 amide bonds. The number of likely N-dealkylation sites (tertiary alicyclic amines) is 1. The van der Waals surface area contributed by atoms with Crippen molar-refractivity contribution in [2.75, 3.05) is 13.1 Å². The van der Waals surface area contributed by atoms with Gasteiger partial charge in [0.25, 0.3) is 5.91 Å². The van der Waals surface area contributed by atoms with Crippen molar-refractivity contribution in [1.82, 2.24) is 15.0 Å². The highest BCUT2D eigenvalue weighted by molar-refractivity contribution is 5.94. The average molecular weight is 325 g/mol. The number of hydrogen-bond donors (Lipinski definition) is 0. The van der Waals surface area contributed by atoms with Crippen molar-refractivity contribution in [1.29, 1.82) is 0 Å². The van der Waals surface area contributed by atoms with Gasteiger partial charge in [0.05, 0.1) is 0 Å². The van der Waals surface area contributed by atoms with Crippen molar-refractivity contribution in [3.63, 3.8) is 0 Å². The zero-order valence-electron chi connectivity index (χ0n) is 14.1. The molecule has 1 fully saturated rings. The van der Waals surface area contributed by atoms with Gasteiger partial charge < -0.3 is 9.42 Å². The molecule has 0 N–H and O–H groups in total. The quantitative estimate of drug-likeness (QED) is 0.850. The Hall–Kier alpha value is -2.17.